The van der Waals surface area contributed by atoms with Crippen molar-refractivity contribution in [1.29, 1.82) is 0 Å². The van der Waals surface area contributed by atoms with Crippen molar-refractivity contribution in [1.82, 2.24) is 0 Å². The average Bonchev–Trinajstić information content (AvgIpc) is 2.27. The van der Waals surface area contributed by atoms with Crippen molar-refractivity contribution in [3.05, 3.63) is 40.7 Å². The standard InChI is InChI=1S/C11H10F5P3/c1-19-9(10(14)15)5-2-4(17)3-6(12)7(5)8(13)11(16)18/h2-3,19H,17-18H2,1H3/b11-8+. The number of hydrogen-bond donors (Lipinski definition) is 0. The first-order valence-electron chi connectivity index (χ1n) is 4.93. The van der Waals surface area contributed by atoms with Crippen LogP contribution in [-0.2, 0) is 0 Å². The Bertz CT molecular complexity index is 558. The zero-order valence-electron chi connectivity index (χ0n) is 9.70. The van der Waals surface area contributed by atoms with Gasteiger partial charge in [-0.1, -0.05) is 17.8 Å². The monoisotopic (exact) mass is 330 g/mol. The quantitative estimate of drug-likeness (QED) is 0.559. The molecule has 104 valence electrons. The fourth-order valence-corrected chi connectivity index (χ4v) is 2.61. The first-order chi connectivity index (χ1) is 8.79. The molecule has 0 nitrogen and oxygen atoms in total. The number of benzene rings is 1. The normalized spacial score (nSPS) is 12.8. The van der Waals surface area contributed by atoms with Gasteiger partial charge in [0.1, 0.15) is 5.82 Å². The number of hydrogen-bond acceptors (Lipinski definition) is 0. The lowest BCUT2D eigenvalue weighted by atomic mass is 10.1. The molecule has 0 radical (unpaired) electrons. The van der Waals surface area contributed by atoms with Gasteiger partial charge in [-0.3, -0.25) is 0 Å². The van der Waals surface area contributed by atoms with E-state index in [-0.39, 0.29) is 19.4 Å². The maximum atomic E-state index is 13.8. The van der Waals surface area contributed by atoms with Crippen LogP contribution < -0.4 is 5.30 Å². The largest absolute Gasteiger partial charge is 0.278 e. The number of halogens is 5. The van der Waals surface area contributed by atoms with E-state index < -0.39 is 34.2 Å². The van der Waals surface area contributed by atoms with Crippen molar-refractivity contribution in [2.45, 2.75) is 0 Å². The summed E-state index contributed by atoms with van der Waals surface area (Å²) in [6.07, 6.45) is -2.03. The van der Waals surface area contributed by atoms with Gasteiger partial charge < -0.3 is 0 Å². The third-order valence-corrected chi connectivity index (χ3v) is 3.80. The van der Waals surface area contributed by atoms with Gasteiger partial charge >= 0.3 is 0 Å². The SMILES string of the molecule is CPC(=C(F)F)c1cc(P)cc(F)c1/C(F)=C(/F)P. The van der Waals surface area contributed by atoms with Gasteiger partial charge in [0.15, 0.2) is 11.4 Å². The molecular formula is C11H10F5P3. The maximum Gasteiger partial charge on any atom is 0.278 e. The lowest BCUT2D eigenvalue weighted by Gasteiger charge is -2.12. The topological polar surface area (TPSA) is 0 Å². The second-order valence-corrected chi connectivity index (χ2v) is 5.65. The molecule has 0 saturated carbocycles. The van der Waals surface area contributed by atoms with E-state index in [2.05, 4.69) is 9.24 Å². The second-order valence-electron chi connectivity index (χ2n) is 3.47. The molecule has 0 amide bonds. The van der Waals surface area contributed by atoms with Crippen LogP contribution in [0.5, 0.6) is 0 Å². The fraction of sp³-hybridized carbons (Fsp3) is 0.0909. The third kappa shape index (κ3) is 3.81. The highest BCUT2D eigenvalue weighted by atomic mass is 31.1. The second kappa shape index (κ2) is 6.88. The van der Waals surface area contributed by atoms with Crippen molar-refractivity contribution in [2.75, 3.05) is 6.66 Å². The molecule has 0 aliphatic heterocycles. The van der Waals surface area contributed by atoms with E-state index >= 15 is 0 Å². The lowest BCUT2D eigenvalue weighted by molar-refractivity contribution is 0.428. The Balaban J connectivity index is 3.73. The van der Waals surface area contributed by atoms with Crippen LogP contribution in [0, 0.1) is 5.82 Å². The molecule has 0 N–H and O–H groups in total. The van der Waals surface area contributed by atoms with E-state index in [9.17, 15) is 22.0 Å². The van der Waals surface area contributed by atoms with Crippen LogP contribution >= 0.6 is 27.1 Å². The minimum Gasteiger partial charge on any atom is -0.206 e. The van der Waals surface area contributed by atoms with E-state index in [1.807, 2.05) is 0 Å². The average molecular weight is 330 g/mol. The Morgan fingerprint density at radius 2 is 1.74 bits per heavy atom. The van der Waals surface area contributed by atoms with Crippen molar-refractivity contribution in [2.24, 2.45) is 0 Å². The summed E-state index contributed by atoms with van der Waals surface area (Å²) < 4.78 is 65.9. The van der Waals surface area contributed by atoms with Crippen molar-refractivity contribution >= 4 is 43.5 Å². The highest BCUT2D eigenvalue weighted by molar-refractivity contribution is 7.49. The Labute approximate surface area is 113 Å². The van der Waals surface area contributed by atoms with E-state index in [1.54, 1.807) is 0 Å². The molecule has 0 aliphatic carbocycles. The smallest absolute Gasteiger partial charge is 0.206 e. The van der Waals surface area contributed by atoms with Gasteiger partial charge in [0.05, 0.1) is 5.56 Å². The van der Waals surface area contributed by atoms with Crippen molar-refractivity contribution in [3.63, 3.8) is 0 Å². The fourth-order valence-electron chi connectivity index (χ4n) is 1.50. The summed E-state index contributed by atoms with van der Waals surface area (Å²) in [6.45, 7) is 1.45. The Kier molecular flexibility index (Phi) is 6.05. The lowest BCUT2D eigenvalue weighted by Crippen LogP contribution is -2.02. The van der Waals surface area contributed by atoms with Crippen LogP contribution in [0.25, 0.3) is 11.1 Å². The molecule has 1 aromatic rings. The van der Waals surface area contributed by atoms with E-state index in [0.717, 1.165) is 6.07 Å². The highest BCUT2D eigenvalue weighted by Gasteiger charge is 2.21. The molecular weight excluding hydrogens is 320 g/mol. The van der Waals surface area contributed by atoms with Crippen LogP contribution in [0.15, 0.2) is 23.8 Å². The summed E-state index contributed by atoms with van der Waals surface area (Å²) in [5.74, 6) is -2.59. The zero-order valence-corrected chi connectivity index (χ0v) is 13.0. The zero-order chi connectivity index (χ0) is 14.7. The molecule has 0 aromatic heterocycles. The minimum atomic E-state index is -2.03. The summed E-state index contributed by atoms with van der Waals surface area (Å²) in [5.41, 5.74) is -2.45. The summed E-state index contributed by atoms with van der Waals surface area (Å²) in [7, 11) is 3.19. The molecule has 1 aromatic carbocycles. The van der Waals surface area contributed by atoms with E-state index in [0.29, 0.717) is 0 Å². The van der Waals surface area contributed by atoms with Crippen molar-refractivity contribution < 1.29 is 22.0 Å². The molecule has 0 spiro atoms. The summed E-state index contributed by atoms with van der Waals surface area (Å²) in [6, 6.07) is 2.12. The maximum absolute atomic E-state index is 13.8. The highest BCUT2D eigenvalue weighted by Crippen LogP contribution is 2.41. The van der Waals surface area contributed by atoms with Gasteiger partial charge in [-0.25, -0.2) is 13.2 Å². The molecule has 0 saturated heterocycles. The first kappa shape index (κ1) is 16.7. The van der Waals surface area contributed by atoms with Gasteiger partial charge in [0.2, 0.25) is 0 Å². The minimum absolute atomic E-state index is 0.269. The molecule has 0 bridgehead atoms. The number of rotatable bonds is 3. The molecule has 0 aliphatic rings. The van der Waals surface area contributed by atoms with Crippen LogP contribution in [0.2, 0.25) is 0 Å². The van der Waals surface area contributed by atoms with Gasteiger partial charge in [0, 0.05) is 10.9 Å². The van der Waals surface area contributed by atoms with Gasteiger partial charge in [-0.05, 0) is 24.1 Å². The Hall–Kier alpha value is -0.360. The van der Waals surface area contributed by atoms with Crippen molar-refractivity contribution in [3.8, 4) is 0 Å². The first-order valence-corrected chi connectivity index (χ1v) is 7.58. The molecule has 19 heavy (non-hydrogen) atoms. The third-order valence-electron chi connectivity index (χ3n) is 2.25. The molecule has 0 heterocycles. The molecule has 3 unspecified atom stereocenters. The van der Waals surface area contributed by atoms with Crippen LogP contribution in [0.1, 0.15) is 11.1 Å². The summed E-state index contributed by atoms with van der Waals surface area (Å²) in [5, 5.41) is -0.218. The van der Waals surface area contributed by atoms with E-state index in [1.165, 1.54) is 22.0 Å². The predicted molar refractivity (Wildman–Crippen MR) is 78.0 cm³/mol. The molecule has 3 atom stereocenters. The summed E-state index contributed by atoms with van der Waals surface area (Å²) >= 11 is 0. The van der Waals surface area contributed by atoms with Crippen LogP contribution in [0.3, 0.4) is 0 Å². The summed E-state index contributed by atoms with van der Waals surface area (Å²) in [4.78, 5) is 0. The van der Waals surface area contributed by atoms with Crippen LogP contribution in [0.4, 0.5) is 22.0 Å². The Morgan fingerprint density at radius 1 is 1.16 bits per heavy atom. The van der Waals surface area contributed by atoms with E-state index in [4.69, 9.17) is 0 Å². The van der Waals surface area contributed by atoms with Gasteiger partial charge in [-0.15, -0.1) is 9.24 Å². The molecule has 1 rings (SSSR count). The van der Waals surface area contributed by atoms with Gasteiger partial charge in [-0.2, -0.15) is 8.78 Å². The molecule has 8 heteroatoms. The Morgan fingerprint density at radius 3 is 2.16 bits per heavy atom. The predicted octanol–water partition coefficient (Wildman–Crippen LogP) is 4.64. The van der Waals surface area contributed by atoms with Gasteiger partial charge in [0.25, 0.3) is 6.08 Å². The molecule has 0 fully saturated rings. The van der Waals surface area contributed by atoms with Crippen LogP contribution in [-0.4, -0.2) is 6.66 Å².